The molecule has 4 nitrogen and oxygen atoms in total. The van der Waals surface area contributed by atoms with E-state index in [0.29, 0.717) is 12.8 Å². The maximum atomic E-state index is 12.8. The van der Waals surface area contributed by atoms with Gasteiger partial charge in [-0.15, -0.1) is 11.3 Å². The predicted molar refractivity (Wildman–Crippen MR) is 94.2 cm³/mol. The zero-order valence-electron chi connectivity index (χ0n) is 12.1. The number of hydrogen-bond acceptors (Lipinski definition) is 4. The summed E-state index contributed by atoms with van der Waals surface area (Å²) in [5.41, 5.74) is 0.197. The average Bonchev–Trinajstić information content (AvgIpc) is 2.79. The van der Waals surface area contributed by atoms with Crippen molar-refractivity contribution in [3.05, 3.63) is 43.3 Å². The van der Waals surface area contributed by atoms with Gasteiger partial charge in [-0.05, 0) is 38.3 Å². The number of nitrogens with zero attached hydrogens (tertiary/aromatic N) is 1. The summed E-state index contributed by atoms with van der Waals surface area (Å²) in [6.07, 6.45) is 2.33. The predicted octanol–water partition coefficient (Wildman–Crippen LogP) is 4.77. The molecule has 124 valence electrons. The number of rotatable bonds is 4. The van der Waals surface area contributed by atoms with Crippen LogP contribution in [0.1, 0.15) is 30.0 Å². The molecule has 0 radical (unpaired) electrons. The van der Waals surface area contributed by atoms with Gasteiger partial charge in [0.25, 0.3) is 0 Å². The lowest BCUT2D eigenvalue weighted by molar-refractivity contribution is 0.223. The van der Waals surface area contributed by atoms with Gasteiger partial charge in [-0.2, -0.15) is 4.72 Å². The second kappa shape index (κ2) is 6.17. The number of halogens is 3. The van der Waals surface area contributed by atoms with Crippen molar-refractivity contribution in [3.8, 4) is 0 Å². The lowest BCUT2D eigenvalue weighted by Gasteiger charge is -2.40. The van der Waals surface area contributed by atoms with Gasteiger partial charge >= 0.3 is 0 Å². The number of aryl methyl sites for hydroxylation is 1. The van der Waals surface area contributed by atoms with Crippen LogP contribution < -0.4 is 4.72 Å². The highest BCUT2D eigenvalue weighted by Gasteiger charge is 2.45. The van der Waals surface area contributed by atoms with Crippen molar-refractivity contribution in [2.45, 2.75) is 36.6 Å². The van der Waals surface area contributed by atoms with Crippen LogP contribution in [0.5, 0.6) is 0 Å². The molecule has 0 bridgehead atoms. The second-order valence-corrected chi connectivity index (χ2v) is 9.26. The van der Waals surface area contributed by atoms with Crippen LogP contribution in [0.3, 0.4) is 0 Å². The van der Waals surface area contributed by atoms with E-state index >= 15 is 0 Å². The topological polar surface area (TPSA) is 59.1 Å². The Hall–Kier alpha value is -0.370. The van der Waals surface area contributed by atoms with Crippen LogP contribution in [0.15, 0.2) is 22.4 Å². The zero-order valence-corrected chi connectivity index (χ0v) is 16.0. The Balaban J connectivity index is 2.01. The van der Waals surface area contributed by atoms with Crippen LogP contribution in [0.25, 0.3) is 0 Å². The number of nitrogens with one attached hydrogen (secondary N) is 1. The van der Waals surface area contributed by atoms with Gasteiger partial charge in [-0.3, -0.25) is 0 Å². The van der Waals surface area contributed by atoms with E-state index in [1.165, 1.54) is 23.5 Å². The van der Waals surface area contributed by atoms with Gasteiger partial charge in [0.05, 0.1) is 15.6 Å². The van der Waals surface area contributed by atoms with Crippen molar-refractivity contribution in [1.82, 2.24) is 9.71 Å². The molecule has 1 aliphatic carbocycles. The SMILES string of the molecule is Cc1csc(C2(NS(=O)(=O)c3c(Cl)cc(Cl)cc3Cl)CCC2)n1. The highest BCUT2D eigenvalue weighted by Crippen LogP contribution is 2.44. The van der Waals surface area contributed by atoms with E-state index in [1.807, 2.05) is 12.3 Å². The zero-order chi connectivity index (χ0) is 16.8. The minimum absolute atomic E-state index is 0.000192. The van der Waals surface area contributed by atoms with E-state index in [1.54, 1.807) is 0 Å². The normalized spacial score (nSPS) is 17.0. The van der Waals surface area contributed by atoms with E-state index in [4.69, 9.17) is 34.8 Å². The molecule has 1 fully saturated rings. The molecule has 0 atom stereocenters. The summed E-state index contributed by atoms with van der Waals surface area (Å²) in [6, 6.07) is 2.73. The van der Waals surface area contributed by atoms with E-state index in [9.17, 15) is 8.42 Å². The molecule has 0 saturated heterocycles. The lowest BCUT2D eigenvalue weighted by Crippen LogP contribution is -2.50. The van der Waals surface area contributed by atoms with Gasteiger partial charge in [-0.1, -0.05) is 34.8 Å². The molecule has 1 heterocycles. The second-order valence-electron chi connectivity index (χ2n) is 5.53. The summed E-state index contributed by atoms with van der Waals surface area (Å²) in [5.74, 6) is 0. The van der Waals surface area contributed by atoms with Crippen molar-refractivity contribution in [2.75, 3.05) is 0 Å². The summed E-state index contributed by atoms with van der Waals surface area (Å²) in [7, 11) is -3.90. The smallest absolute Gasteiger partial charge is 0.244 e. The Kier molecular flexibility index (Phi) is 4.68. The molecule has 0 spiro atoms. The van der Waals surface area contributed by atoms with Crippen molar-refractivity contribution >= 4 is 56.2 Å². The van der Waals surface area contributed by atoms with Gasteiger partial charge in [-0.25, -0.2) is 13.4 Å². The molecule has 9 heteroatoms. The monoisotopic (exact) mass is 410 g/mol. The third-order valence-corrected chi connectivity index (χ3v) is 7.64. The van der Waals surface area contributed by atoms with Crippen molar-refractivity contribution < 1.29 is 8.42 Å². The highest BCUT2D eigenvalue weighted by atomic mass is 35.5. The number of sulfonamides is 1. The third-order valence-electron chi connectivity index (χ3n) is 3.80. The summed E-state index contributed by atoms with van der Waals surface area (Å²) in [4.78, 5) is 4.30. The van der Waals surface area contributed by atoms with E-state index < -0.39 is 15.6 Å². The molecule has 1 aromatic heterocycles. The van der Waals surface area contributed by atoms with Crippen molar-refractivity contribution in [2.24, 2.45) is 0 Å². The average molecular weight is 412 g/mol. The minimum Gasteiger partial charge on any atom is -0.245 e. The van der Waals surface area contributed by atoms with Gasteiger partial charge < -0.3 is 0 Å². The molecule has 1 saturated carbocycles. The minimum atomic E-state index is -3.90. The fraction of sp³-hybridized carbons (Fsp3) is 0.357. The van der Waals surface area contributed by atoms with Crippen LogP contribution in [0, 0.1) is 6.92 Å². The lowest BCUT2D eigenvalue weighted by atomic mass is 9.78. The standard InChI is InChI=1S/C14H13Cl3N2O2S2/c1-8-7-22-13(18-8)14(3-2-4-14)19-23(20,21)12-10(16)5-9(15)6-11(12)17/h5-7,19H,2-4H2,1H3. The Morgan fingerprint density at radius 3 is 2.26 bits per heavy atom. The number of benzene rings is 1. The molecular formula is C14H13Cl3N2O2S2. The molecule has 3 rings (SSSR count). The van der Waals surface area contributed by atoms with Crippen LogP contribution in [0.4, 0.5) is 0 Å². The van der Waals surface area contributed by atoms with Gasteiger partial charge in [0.15, 0.2) is 0 Å². The quantitative estimate of drug-likeness (QED) is 0.788. The van der Waals surface area contributed by atoms with Gasteiger partial charge in [0, 0.05) is 16.1 Å². The Bertz CT molecular complexity index is 838. The molecule has 1 aliphatic rings. The molecular weight excluding hydrogens is 399 g/mol. The third kappa shape index (κ3) is 3.25. The number of hydrogen-bond donors (Lipinski definition) is 1. The summed E-state index contributed by atoms with van der Waals surface area (Å²) in [5, 5.41) is 2.96. The molecule has 1 aromatic carbocycles. The van der Waals surface area contributed by atoms with Gasteiger partial charge in [0.1, 0.15) is 9.90 Å². The molecule has 0 aliphatic heterocycles. The van der Waals surface area contributed by atoms with E-state index in [0.717, 1.165) is 17.1 Å². The maximum Gasteiger partial charge on any atom is 0.244 e. The van der Waals surface area contributed by atoms with E-state index in [2.05, 4.69) is 9.71 Å². The van der Waals surface area contributed by atoms with Crippen LogP contribution in [-0.4, -0.2) is 13.4 Å². The van der Waals surface area contributed by atoms with Crippen LogP contribution in [0.2, 0.25) is 15.1 Å². The molecule has 2 aromatic rings. The summed E-state index contributed by atoms with van der Waals surface area (Å²) < 4.78 is 28.4. The van der Waals surface area contributed by atoms with Crippen LogP contribution >= 0.6 is 46.1 Å². The molecule has 23 heavy (non-hydrogen) atoms. The largest absolute Gasteiger partial charge is 0.245 e. The fourth-order valence-corrected chi connectivity index (χ4v) is 6.61. The Morgan fingerprint density at radius 1 is 1.22 bits per heavy atom. The first-order valence-corrected chi connectivity index (χ1v) is 10.3. The Morgan fingerprint density at radius 2 is 1.83 bits per heavy atom. The first-order chi connectivity index (χ1) is 10.7. The van der Waals surface area contributed by atoms with Crippen molar-refractivity contribution in [3.63, 3.8) is 0 Å². The molecule has 1 N–H and O–H groups in total. The Labute approximate surface area is 153 Å². The van der Waals surface area contributed by atoms with Gasteiger partial charge in [0.2, 0.25) is 10.0 Å². The maximum absolute atomic E-state index is 12.8. The first-order valence-electron chi connectivity index (χ1n) is 6.85. The van der Waals surface area contributed by atoms with Crippen LogP contribution in [-0.2, 0) is 15.6 Å². The van der Waals surface area contributed by atoms with Crippen molar-refractivity contribution in [1.29, 1.82) is 0 Å². The fourth-order valence-electron chi connectivity index (χ4n) is 2.56. The summed E-state index contributed by atoms with van der Waals surface area (Å²) in [6.45, 7) is 1.88. The van der Waals surface area contributed by atoms with E-state index in [-0.39, 0.29) is 20.0 Å². The first kappa shape index (κ1) is 17.5. The number of thiazole rings is 1. The molecule has 0 unspecified atom stereocenters. The highest BCUT2D eigenvalue weighted by molar-refractivity contribution is 7.89. The number of aromatic nitrogens is 1. The molecule has 0 amide bonds. The summed E-state index contributed by atoms with van der Waals surface area (Å²) >= 11 is 19.4.